The van der Waals surface area contributed by atoms with Crippen molar-refractivity contribution in [3.8, 4) is 5.75 Å². The van der Waals surface area contributed by atoms with Crippen molar-refractivity contribution in [2.75, 3.05) is 19.1 Å². The highest BCUT2D eigenvalue weighted by molar-refractivity contribution is 7.98. The second kappa shape index (κ2) is 11.5. The molecule has 2 aromatic carbocycles. The smallest absolute Gasteiger partial charge is 0.328 e. The van der Waals surface area contributed by atoms with Crippen LogP contribution < -0.4 is 10.1 Å². The van der Waals surface area contributed by atoms with Crippen LogP contribution in [0.5, 0.6) is 5.75 Å². The van der Waals surface area contributed by atoms with E-state index in [9.17, 15) is 9.59 Å². The summed E-state index contributed by atoms with van der Waals surface area (Å²) >= 11 is 1.63. The van der Waals surface area contributed by atoms with E-state index in [-0.39, 0.29) is 12.3 Å². The molecule has 3 aromatic rings. The number of nitrogens with one attached hydrogen (secondary N) is 1. The number of carbonyl (C=O) groups is 2. The van der Waals surface area contributed by atoms with E-state index in [1.54, 1.807) is 11.8 Å². The van der Waals surface area contributed by atoms with Crippen molar-refractivity contribution in [3.63, 3.8) is 0 Å². The van der Waals surface area contributed by atoms with E-state index in [0.29, 0.717) is 19.6 Å². The molecule has 0 spiro atoms. The van der Waals surface area contributed by atoms with Crippen LogP contribution in [0.15, 0.2) is 60.8 Å². The number of benzene rings is 2. The molecule has 6 nitrogen and oxygen atoms in total. The number of fused-ring (bicyclic) bond motifs is 1. The fraction of sp³-hybridized carbons (Fsp3) is 0.333. The highest BCUT2D eigenvalue weighted by atomic mass is 32.2. The Hall–Kier alpha value is -2.93. The summed E-state index contributed by atoms with van der Waals surface area (Å²) in [5.41, 5.74) is 2.11. The third kappa shape index (κ3) is 6.52. The zero-order valence-corrected chi connectivity index (χ0v) is 18.7. The fourth-order valence-corrected chi connectivity index (χ4v) is 3.78. The molecule has 1 aromatic heterocycles. The molecule has 0 aliphatic rings. The van der Waals surface area contributed by atoms with Gasteiger partial charge in [-0.25, -0.2) is 4.79 Å². The van der Waals surface area contributed by atoms with Crippen molar-refractivity contribution in [1.82, 2.24) is 9.88 Å². The maximum atomic E-state index is 12.4. The molecule has 0 saturated heterocycles. The second-order valence-corrected chi connectivity index (χ2v) is 8.16. The minimum Gasteiger partial charge on any atom is -0.489 e. The van der Waals surface area contributed by atoms with E-state index in [2.05, 4.69) is 5.32 Å². The molecule has 1 amide bonds. The lowest BCUT2D eigenvalue weighted by Gasteiger charge is -2.16. The zero-order chi connectivity index (χ0) is 22.1. The molecule has 0 saturated carbocycles. The highest BCUT2D eigenvalue weighted by Gasteiger charge is 2.20. The highest BCUT2D eigenvalue weighted by Crippen LogP contribution is 2.23. The lowest BCUT2D eigenvalue weighted by atomic mass is 10.2. The van der Waals surface area contributed by atoms with E-state index in [0.717, 1.165) is 28.0 Å². The molecule has 0 radical (unpaired) electrons. The van der Waals surface area contributed by atoms with E-state index in [1.807, 2.05) is 71.6 Å². The van der Waals surface area contributed by atoms with Crippen molar-refractivity contribution >= 4 is 34.5 Å². The summed E-state index contributed by atoms with van der Waals surface area (Å²) in [7, 11) is 1.34. The van der Waals surface area contributed by atoms with Gasteiger partial charge < -0.3 is 19.4 Å². The van der Waals surface area contributed by atoms with Crippen LogP contribution in [0.25, 0.3) is 10.9 Å². The minimum atomic E-state index is -0.607. The van der Waals surface area contributed by atoms with Gasteiger partial charge in [0.05, 0.1) is 12.6 Å². The third-order valence-corrected chi connectivity index (χ3v) is 5.65. The monoisotopic (exact) mass is 440 g/mol. The quantitative estimate of drug-likeness (QED) is 0.456. The summed E-state index contributed by atoms with van der Waals surface area (Å²) in [4.78, 5) is 24.3. The largest absolute Gasteiger partial charge is 0.489 e. The number of ether oxygens (including phenoxy) is 2. The molecule has 31 heavy (non-hydrogen) atoms. The molecule has 0 fully saturated rings. The summed E-state index contributed by atoms with van der Waals surface area (Å²) in [6.07, 6.45) is 4.75. The van der Waals surface area contributed by atoms with E-state index >= 15 is 0 Å². The predicted molar refractivity (Wildman–Crippen MR) is 124 cm³/mol. The van der Waals surface area contributed by atoms with Gasteiger partial charge in [-0.3, -0.25) is 4.79 Å². The standard InChI is InChI=1S/C24H28N2O4S/c1-29-24(28)21(12-15-31-2)25-23(27)11-14-26-13-10-19-8-9-20(16-22(19)26)30-17-18-6-4-3-5-7-18/h3-10,13,16,21H,11-12,14-15,17H2,1-2H3,(H,25,27)/t21-/m0/s1. The van der Waals surface area contributed by atoms with Crippen molar-refractivity contribution in [3.05, 3.63) is 66.4 Å². The molecule has 7 heteroatoms. The number of carbonyl (C=O) groups excluding carboxylic acids is 2. The summed E-state index contributed by atoms with van der Waals surface area (Å²) in [6, 6.07) is 17.4. The van der Waals surface area contributed by atoms with Gasteiger partial charge in [0.15, 0.2) is 0 Å². The minimum absolute atomic E-state index is 0.171. The molecule has 0 aliphatic carbocycles. The van der Waals surface area contributed by atoms with Crippen molar-refractivity contribution in [1.29, 1.82) is 0 Å². The van der Waals surface area contributed by atoms with Gasteiger partial charge in [0.1, 0.15) is 18.4 Å². The van der Waals surface area contributed by atoms with E-state index in [1.165, 1.54) is 7.11 Å². The first-order chi connectivity index (χ1) is 15.1. The number of methoxy groups -OCH3 is 1. The van der Waals surface area contributed by atoms with Gasteiger partial charge in [-0.15, -0.1) is 0 Å². The SMILES string of the molecule is COC(=O)[C@H](CCSC)NC(=O)CCn1ccc2ccc(OCc3ccccc3)cc21. The molecule has 0 bridgehead atoms. The molecular formula is C24H28N2O4S. The van der Waals surface area contributed by atoms with Gasteiger partial charge in [0.2, 0.25) is 5.91 Å². The average molecular weight is 441 g/mol. The average Bonchev–Trinajstić information content (AvgIpc) is 3.21. The number of rotatable bonds is 11. The Morgan fingerprint density at radius 3 is 2.68 bits per heavy atom. The maximum Gasteiger partial charge on any atom is 0.328 e. The van der Waals surface area contributed by atoms with Crippen LogP contribution in [-0.4, -0.2) is 41.6 Å². The van der Waals surface area contributed by atoms with Crippen LogP contribution in [0, 0.1) is 0 Å². The van der Waals surface area contributed by atoms with Crippen molar-refractivity contribution in [2.24, 2.45) is 0 Å². The summed E-state index contributed by atoms with van der Waals surface area (Å²) in [5.74, 6) is 0.973. The van der Waals surface area contributed by atoms with E-state index < -0.39 is 12.0 Å². The van der Waals surface area contributed by atoms with Gasteiger partial charge in [0.25, 0.3) is 0 Å². The summed E-state index contributed by atoms with van der Waals surface area (Å²) < 4.78 is 12.8. The molecular weight excluding hydrogens is 412 g/mol. The predicted octanol–water partition coefficient (Wildman–Crippen LogP) is 4.02. The summed E-state index contributed by atoms with van der Waals surface area (Å²) in [5, 5.41) is 3.88. The van der Waals surface area contributed by atoms with Crippen LogP contribution in [0.2, 0.25) is 0 Å². The van der Waals surface area contributed by atoms with Crippen molar-refractivity contribution in [2.45, 2.75) is 32.0 Å². The van der Waals surface area contributed by atoms with Crippen LogP contribution in [-0.2, 0) is 27.5 Å². The topological polar surface area (TPSA) is 69.6 Å². The lowest BCUT2D eigenvalue weighted by Crippen LogP contribution is -2.42. The van der Waals surface area contributed by atoms with Gasteiger partial charge in [-0.2, -0.15) is 11.8 Å². The molecule has 0 aliphatic heterocycles. The Kier molecular flexibility index (Phi) is 8.41. The van der Waals surface area contributed by atoms with Gasteiger partial charge in [0, 0.05) is 25.2 Å². The summed E-state index contributed by atoms with van der Waals surface area (Å²) in [6.45, 7) is 1.01. The van der Waals surface area contributed by atoms with Gasteiger partial charge in [-0.1, -0.05) is 30.3 Å². The first-order valence-electron chi connectivity index (χ1n) is 10.2. The van der Waals surface area contributed by atoms with Crippen LogP contribution in [0.4, 0.5) is 0 Å². The fourth-order valence-electron chi connectivity index (χ4n) is 3.30. The van der Waals surface area contributed by atoms with Crippen LogP contribution in [0.1, 0.15) is 18.4 Å². The second-order valence-electron chi connectivity index (χ2n) is 7.18. The molecule has 1 N–H and O–H groups in total. The normalized spacial score (nSPS) is 11.8. The first kappa shape index (κ1) is 22.7. The Bertz CT molecular complexity index is 1000. The lowest BCUT2D eigenvalue weighted by molar-refractivity contribution is -0.145. The Morgan fingerprint density at radius 1 is 1.13 bits per heavy atom. The van der Waals surface area contributed by atoms with Crippen molar-refractivity contribution < 1.29 is 19.1 Å². The van der Waals surface area contributed by atoms with Gasteiger partial charge >= 0.3 is 5.97 Å². The number of amides is 1. The number of hydrogen-bond acceptors (Lipinski definition) is 5. The molecule has 1 heterocycles. The Morgan fingerprint density at radius 2 is 1.94 bits per heavy atom. The number of thioether (sulfide) groups is 1. The first-order valence-corrected chi connectivity index (χ1v) is 11.6. The zero-order valence-electron chi connectivity index (χ0n) is 17.9. The Balaban J connectivity index is 1.60. The molecule has 164 valence electrons. The number of nitrogens with zero attached hydrogens (tertiary/aromatic N) is 1. The van der Waals surface area contributed by atoms with E-state index in [4.69, 9.17) is 9.47 Å². The van der Waals surface area contributed by atoms with Gasteiger partial charge in [-0.05, 0) is 47.6 Å². The molecule has 1 atom stereocenters. The molecule has 0 unspecified atom stereocenters. The number of aromatic nitrogens is 1. The third-order valence-electron chi connectivity index (χ3n) is 5.01. The molecule has 3 rings (SSSR count). The maximum absolute atomic E-state index is 12.4. The van der Waals surface area contributed by atoms with Crippen LogP contribution in [0.3, 0.4) is 0 Å². The number of aryl methyl sites for hydroxylation is 1. The number of esters is 1. The van der Waals surface area contributed by atoms with Crippen LogP contribution >= 0.6 is 11.8 Å². The number of hydrogen-bond donors (Lipinski definition) is 1. The Labute approximate surface area is 186 Å².